The number of hydrogen-bond acceptors (Lipinski definition) is 0. The Hall–Kier alpha value is -2.47. The summed E-state index contributed by atoms with van der Waals surface area (Å²) >= 11 is 0. The number of rotatable bonds is 2. The van der Waals surface area contributed by atoms with E-state index in [1.807, 2.05) is 36.3 Å². The highest BCUT2D eigenvalue weighted by molar-refractivity contribution is 5.77. The molecule has 0 aliphatic carbocycles. The van der Waals surface area contributed by atoms with E-state index in [1.165, 1.54) is 0 Å². The van der Waals surface area contributed by atoms with Gasteiger partial charge in [0.15, 0.2) is 0 Å². The van der Waals surface area contributed by atoms with Crippen molar-refractivity contribution in [1.29, 1.82) is 0 Å². The number of benzene rings is 2. The summed E-state index contributed by atoms with van der Waals surface area (Å²) in [6.07, 6.45) is -4.53. The van der Waals surface area contributed by atoms with Crippen molar-refractivity contribution < 1.29 is 13.2 Å². The maximum atomic E-state index is 12.0. The first kappa shape index (κ1) is 14.0. The summed E-state index contributed by atoms with van der Waals surface area (Å²) in [5, 5.41) is 0. The van der Waals surface area contributed by atoms with Crippen molar-refractivity contribution in [1.82, 2.24) is 0 Å². The van der Waals surface area contributed by atoms with Gasteiger partial charge in [-0.05, 0) is 23.3 Å². The molecule has 0 bridgehead atoms. The second kappa shape index (κ2) is 5.66. The van der Waals surface area contributed by atoms with Crippen molar-refractivity contribution in [2.75, 3.05) is 0 Å². The minimum atomic E-state index is -4.53. The second-order valence-electron chi connectivity index (χ2n) is 4.10. The van der Waals surface area contributed by atoms with Crippen molar-refractivity contribution in [3.63, 3.8) is 0 Å². The molecule has 99 valence electrons. The third kappa shape index (κ3) is 3.76. The van der Waals surface area contributed by atoms with Crippen LogP contribution < -0.4 is 0 Å². The first-order valence-electron chi connectivity index (χ1n) is 5.84. The van der Waals surface area contributed by atoms with E-state index < -0.39 is 6.18 Å². The molecule has 2 rings (SSSR count). The normalized spacial score (nSPS) is 10.6. The predicted octanol–water partition coefficient (Wildman–Crippen LogP) is 4.74. The van der Waals surface area contributed by atoms with Crippen LogP contribution in [0, 0.1) is 18.4 Å². The summed E-state index contributed by atoms with van der Waals surface area (Å²) in [6, 6.07) is 16.6. The molecule has 0 nitrogen and oxygen atoms in total. The summed E-state index contributed by atoms with van der Waals surface area (Å²) in [6.45, 7) is 5.53. The molecular formula is C17H10F3. The van der Waals surface area contributed by atoms with Crippen LogP contribution in [-0.2, 0) is 0 Å². The quantitative estimate of drug-likeness (QED) is 0.692. The fraction of sp³-hybridized carbons (Fsp3) is 0.0588. The van der Waals surface area contributed by atoms with Crippen LogP contribution in [0.25, 0.3) is 16.7 Å². The van der Waals surface area contributed by atoms with Crippen LogP contribution in [-0.4, -0.2) is 6.18 Å². The number of hydrogen-bond donors (Lipinski definition) is 0. The van der Waals surface area contributed by atoms with Crippen molar-refractivity contribution >= 4 is 5.57 Å². The zero-order valence-corrected chi connectivity index (χ0v) is 10.4. The zero-order valence-electron chi connectivity index (χ0n) is 10.4. The SMILES string of the molecule is [CH]=C(C#CC(F)(F)F)c1ccc(-c2ccccc2)cc1. The Balaban J connectivity index is 2.20. The highest BCUT2D eigenvalue weighted by Gasteiger charge is 2.23. The Labute approximate surface area is 115 Å². The van der Waals surface area contributed by atoms with Gasteiger partial charge in [-0.15, -0.1) is 0 Å². The van der Waals surface area contributed by atoms with Gasteiger partial charge >= 0.3 is 6.18 Å². The third-order valence-electron chi connectivity index (χ3n) is 2.64. The Morgan fingerprint density at radius 2 is 1.40 bits per heavy atom. The summed E-state index contributed by atoms with van der Waals surface area (Å²) in [4.78, 5) is 0. The van der Waals surface area contributed by atoms with Crippen molar-refractivity contribution in [3.05, 3.63) is 66.7 Å². The lowest BCUT2D eigenvalue weighted by atomic mass is 10.0. The number of halogens is 3. The van der Waals surface area contributed by atoms with Gasteiger partial charge in [0.2, 0.25) is 0 Å². The largest absolute Gasteiger partial charge is 0.458 e. The minimum absolute atomic E-state index is 0.0954. The molecule has 0 N–H and O–H groups in total. The molecule has 0 aliphatic rings. The molecule has 0 atom stereocenters. The first-order valence-corrected chi connectivity index (χ1v) is 5.84. The van der Waals surface area contributed by atoms with Crippen LogP contribution in [0.3, 0.4) is 0 Å². The molecule has 0 unspecified atom stereocenters. The molecule has 3 heteroatoms. The minimum Gasteiger partial charge on any atom is -0.159 e. The average Bonchev–Trinajstić information content (AvgIpc) is 2.45. The Bertz CT molecular complexity index is 653. The van der Waals surface area contributed by atoms with E-state index in [-0.39, 0.29) is 5.57 Å². The number of allylic oxidation sites excluding steroid dienone is 1. The standard InChI is InChI=1S/C17H10F3/c1-13(11-12-17(18,19)20)14-7-9-16(10-8-14)15-5-3-2-4-6-15/h1-10H. The molecule has 0 aromatic heterocycles. The van der Waals surface area contributed by atoms with Gasteiger partial charge in [-0.3, -0.25) is 0 Å². The number of alkyl halides is 3. The first-order chi connectivity index (χ1) is 9.46. The molecule has 2 aromatic rings. The van der Waals surface area contributed by atoms with Crippen molar-refractivity contribution in [3.8, 4) is 23.0 Å². The highest BCUT2D eigenvalue weighted by Crippen LogP contribution is 2.22. The lowest BCUT2D eigenvalue weighted by Gasteiger charge is -2.03. The lowest BCUT2D eigenvalue weighted by molar-refractivity contribution is -0.0696. The van der Waals surface area contributed by atoms with Crippen molar-refractivity contribution in [2.24, 2.45) is 0 Å². The summed E-state index contributed by atoms with van der Waals surface area (Å²) in [5.41, 5.74) is 2.37. The fourth-order valence-electron chi connectivity index (χ4n) is 1.68. The van der Waals surface area contributed by atoms with Crippen LogP contribution in [0.15, 0.2) is 54.6 Å². The van der Waals surface area contributed by atoms with Crippen LogP contribution in [0.5, 0.6) is 0 Å². The third-order valence-corrected chi connectivity index (χ3v) is 2.64. The van der Waals surface area contributed by atoms with Crippen LogP contribution in [0.2, 0.25) is 0 Å². The van der Waals surface area contributed by atoms with E-state index in [0.717, 1.165) is 17.0 Å². The molecule has 0 saturated carbocycles. The maximum Gasteiger partial charge on any atom is 0.458 e. The van der Waals surface area contributed by atoms with Gasteiger partial charge < -0.3 is 0 Å². The van der Waals surface area contributed by atoms with Crippen LogP contribution in [0.1, 0.15) is 5.56 Å². The van der Waals surface area contributed by atoms with Crippen molar-refractivity contribution in [2.45, 2.75) is 6.18 Å². The van der Waals surface area contributed by atoms with E-state index in [2.05, 4.69) is 0 Å². The van der Waals surface area contributed by atoms with Crippen LogP contribution >= 0.6 is 0 Å². The molecule has 20 heavy (non-hydrogen) atoms. The fourth-order valence-corrected chi connectivity index (χ4v) is 1.68. The Morgan fingerprint density at radius 1 is 0.850 bits per heavy atom. The zero-order chi connectivity index (χ0) is 14.6. The molecule has 1 radical (unpaired) electrons. The van der Waals surface area contributed by atoms with Gasteiger partial charge in [-0.2, -0.15) is 13.2 Å². The average molecular weight is 271 g/mol. The van der Waals surface area contributed by atoms with Gasteiger partial charge in [0, 0.05) is 11.5 Å². The van der Waals surface area contributed by atoms with E-state index in [9.17, 15) is 13.2 Å². The Kier molecular flexibility index (Phi) is 3.95. The van der Waals surface area contributed by atoms with Gasteiger partial charge in [0.1, 0.15) is 0 Å². The topological polar surface area (TPSA) is 0 Å². The van der Waals surface area contributed by atoms with E-state index in [1.54, 1.807) is 24.3 Å². The highest BCUT2D eigenvalue weighted by atomic mass is 19.4. The monoisotopic (exact) mass is 271 g/mol. The molecule has 0 amide bonds. The summed E-state index contributed by atoms with van der Waals surface area (Å²) in [5.74, 6) is 3.07. The smallest absolute Gasteiger partial charge is 0.159 e. The molecule has 0 aliphatic heterocycles. The second-order valence-corrected chi connectivity index (χ2v) is 4.10. The summed E-state index contributed by atoms with van der Waals surface area (Å²) < 4.78 is 35.9. The van der Waals surface area contributed by atoms with Gasteiger partial charge in [0.25, 0.3) is 0 Å². The lowest BCUT2D eigenvalue weighted by Crippen LogP contribution is -2.01. The molecule has 2 aromatic carbocycles. The van der Waals surface area contributed by atoms with Gasteiger partial charge in [0.05, 0.1) is 0 Å². The van der Waals surface area contributed by atoms with E-state index in [0.29, 0.717) is 5.56 Å². The molecular weight excluding hydrogens is 261 g/mol. The van der Waals surface area contributed by atoms with Gasteiger partial charge in [-0.1, -0.05) is 60.5 Å². The predicted molar refractivity (Wildman–Crippen MR) is 73.4 cm³/mol. The molecule has 0 heterocycles. The molecule has 0 fully saturated rings. The van der Waals surface area contributed by atoms with Gasteiger partial charge in [-0.25, -0.2) is 0 Å². The van der Waals surface area contributed by atoms with E-state index in [4.69, 9.17) is 6.58 Å². The summed E-state index contributed by atoms with van der Waals surface area (Å²) in [7, 11) is 0. The van der Waals surface area contributed by atoms with E-state index >= 15 is 0 Å². The van der Waals surface area contributed by atoms with Crippen LogP contribution in [0.4, 0.5) is 13.2 Å². The Morgan fingerprint density at radius 3 is 1.95 bits per heavy atom. The molecule has 0 spiro atoms. The maximum absolute atomic E-state index is 12.0. The molecule has 0 saturated heterocycles.